The van der Waals surface area contributed by atoms with Gasteiger partial charge in [0, 0.05) is 26.7 Å². The largest absolute Gasteiger partial charge is 0.372 e. The van der Waals surface area contributed by atoms with Gasteiger partial charge >= 0.3 is 0 Å². The molecule has 0 bridgehead atoms. The first kappa shape index (κ1) is 14.7. The number of nitrogens with one attached hydrogen (secondary N) is 1. The Morgan fingerprint density at radius 2 is 2.05 bits per heavy atom. The van der Waals surface area contributed by atoms with E-state index in [1.54, 1.807) is 19.4 Å². The summed E-state index contributed by atoms with van der Waals surface area (Å²) < 4.78 is 0. The fraction of sp³-hybridized carbons (Fsp3) is 0.643. The summed E-state index contributed by atoms with van der Waals surface area (Å²) in [5.41, 5.74) is 0.426. The fourth-order valence-corrected chi connectivity index (χ4v) is 2.56. The number of rotatable bonds is 4. The molecular formula is C14H23N5O. The number of hydrogen-bond acceptors (Lipinski definition) is 5. The monoisotopic (exact) mass is 277 g/mol. The SMILES string of the molecule is CNc1cnc(C(=O)N2CCC(CN(C)C)CC2)cn1. The number of carbonyl (C=O) groups excluding carboxylic acids is 1. The van der Waals surface area contributed by atoms with Crippen molar-refractivity contribution in [2.24, 2.45) is 5.92 Å². The lowest BCUT2D eigenvalue weighted by Crippen LogP contribution is -2.41. The van der Waals surface area contributed by atoms with Gasteiger partial charge in [-0.25, -0.2) is 9.97 Å². The van der Waals surface area contributed by atoms with E-state index >= 15 is 0 Å². The van der Waals surface area contributed by atoms with Gasteiger partial charge in [0.25, 0.3) is 5.91 Å². The normalized spacial score (nSPS) is 16.5. The summed E-state index contributed by atoms with van der Waals surface area (Å²) in [5, 5.41) is 2.89. The maximum atomic E-state index is 12.3. The highest BCUT2D eigenvalue weighted by Gasteiger charge is 2.24. The first-order valence-electron chi connectivity index (χ1n) is 7.04. The third kappa shape index (κ3) is 3.66. The third-order valence-electron chi connectivity index (χ3n) is 3.65. The maximum Gasteiger partial charge on any atom is 0.274 e. The summed E-state index contributed by atoms with van der Waals surface area (Å²) in [6.07, 6.45) is 5.25. The van der Waals surface area contributed by atoms with Gasteiger partial charge in [0.2, 0.25) is 0 Å². The number of nitrogens with zero attached hydrogens (tertiary/aromatic N) is 4. The highest BCUT2D eigenvalue weighted by molar-refractivity contribution is 5.92. The number of amides is 1. The Labute approximate surface area is 120 Å². The van der Waals surface area contributed by atoms with Crippen LogP contribution in [-0.4, -0.2) is 66.5 Å². The number of anilines is 1. The van der Waals surface area contributed by atoms with Crippen LogP contribution in [-0.2, 0) is 0 Å². The minimum Gasteiger partial charge on any atom is -0.372 e. The number of aromatic nitrogens is 2. The lowest BCUT2D eigenvalue weighted by Gasteiger charge is -2.33. The Hall–Kier alpha value is -1.69. The van der Waals surface area contributed by atoms with Gasteiger partial charge in [-0.2, -0.15) is 0 Å². The molecule has 0 atom stereocenters. The number of likely N-dealkylation sites (tertiary alicyclic amines) is 1. The van der Waals surface area contributed by atoms with Crippen LogP contribution in [0.15, 0.2) is 12.4 Å². The van der Waals surface area contributed by atoms with E-state index in [1.807, 2.05) is 4.90 Å². The van der Waals surface area contributed by atoms with Crippen molar-refractivity contribution in [3.05, 3.63) is 18.1 Å². The molecule has 2 heterocycles. The number of carbonyl (C=O) groups is 1. The first-order chi connectivity index (χ1) is 9.60. The predicted octanol–water partition coefficient (Wildman–Crippen LogP) is 0.932. The molecule has 0 aromatic carbocycles. The van der Waals surface area contributed by atoms with Crippen LogP contribution in [0.1, 0.15) is 23.3 Å². The molecule has 110 valence electrons. The van der Waals surface area contributed by atoms with E-state index in [0.29, 0.717) is 17.4 Å². The van der Waals surface area contributed by atoms with E-state index in [4.69, 9.17) is 0 Å². The van der Waals surface area contributed by atoms with Crippen molar-refractivity contribution in [2.45, 2.75) is 12.8 Å². The second kappa shape index (κ2) is 6.65. The second-order valence-electron chi connectivity index (χ2n) is 5.53. The number of hydrogen-bond donors (Lipinski definition) is 1. The second-order valence-corrected chi connectivity index (χ2v) is 5.53. The van der Waals surface area contributed by atoms with Crippen molar-refractivity contribution >= 4 is 11.7 Å². The van der Waals surface area contributed by atoms with Crippen molar-refractivity contribution in [3.8, 4) is 0 Å². The molecule has 1 aromatic heterocycles. The zero-order chi connectivity index (χ0) is 14.5. The van der Waals surface area contributed by atoms with E-state index in [2.05, 4.69) is 34.3 Å². The zero-order valence-corrected chi connectivity index (χ0v) is 12.5. The van der Waals surface area contributed by atoms with E-state index in [0.717, 1.165) is 32.5 Å². The van der Waals surface area contributed by atoms with Crippen molar-refractivity contribution in [2.75, 3.05) is 46.1 Å². The van der Waals surface area contributed by atoms with Gasteiger partial charge < -0.3 is 15.1 Å². The Morgan fingerprint density at radius 3 is 2.55 bits per heavy atom. The Bertz CT molecular complexity index is 437. The summed E-state index contributed by atoms with van der Waals surface area (Å²) >= 11 is 0. The lowest BCUT2D eigenvalue weighted by atomic mass is 9.96. The molecule has 0 spiro atoms. The molecule has 1 fully saturated rings. The highest BCUT2D eigenvalue weighted by Crippen LogP contribution is 2.19. The standard InChI is InChI=1S/C14H23N5O/c1-15-13-9-16-12(8-17-13)14(20)19-6-4-11(5-7-19)10-18(2)3/h8-9,11H,4-7,10H2,1-3H3,(H,15,17). The van der Waals surface area contributed by atoms with Crippen molar-refractivity contribution < 1.29 is 4.79 Å². The Kier molecular flexibility index (Phi) is 4.89. The molecule has 1 N–H and O–H groups in total. The smallest absolute Gasteiger partial charge is 0.274 e. The van der Waals surface area contributed by atoms with Crippen molar-refractivity contribution in [1.82, 2.24) is 19.8 Å². The fourth-order valence-electron chi connectivity index (χ4n) is 2.56. The van der Waals surface area contributed by atoms with Gasteiger partial charge in [0.15, 0.2) is 0 Å². The topological polar surface area (TPSA) is 61.4 Å². The van der Waals surface area contributed by atoms with E-state index < -0.39 is 0 Å². The van der Waals surface area contributed by atoms with Crippen LogP contribution in [0.2, 0.25) is 0 Å². The summed E-state index contributed by atoms with van der Waals surface area (Å²) in [7, 11) is 5.97. The average Bonchev–Trinajstić information content (AvgIpc) is 2.47. The minimum atomic E-state index is -0.0107. The molecule has 1 saturated heterocycles. The van der Waals surface area contributed by atoms with Crippen LogP contribution >= 0.6 is 0 Å². The van der Waals surface area contributed by atoms with Crippen molar-refractivity contribution in [1.29, 1.82) is 0 Å². The number of piperidine rings is 1. The van der Waals surface area contributed by atoms with Crippen LogP contribution in [0.3, 0.4) is 0 Å². The summed E-state index contributed by atoms with van der Waals surface area (Å²) in [6.45, 7) is 2.72. The average molecular weight is 277 g/mol. The van der Waals surface area contributed by atoms with Crippen LogP contribution in [0, 0.1) is 5.92 Å². The minimum absolute atomic E-state index is 0.0107. The maximum absolute atomic E-state index is 12.3. The summed E-state index contributed by atoms with van der Waals surface area (Å²) in [5.74, 6) is 1.35. The van der Waals surface area contributed by atoms with Gasteiger partial charge in [-0.15, -0.1) is 0 Å². The molecule has 0 radical (unpaired) electrons. The Morgan fingerprint density at radius 1 is 1.35 bits per heavy atom. The van der Waals surface area contributed by atoms with Crippen LogP contribution in [0.4, 0.5) is 5.82 Å². The molecule has 0 saturated carbocycles. The molecule has 2 rings (SSSR count). The molecule has 1 aliphatic heterocycles. The third-order valence-corrected chi connectivity index (χ3v) is 3.65. The van der Waals surface area contributed by atoms with Gasteiger partial charge in [0.05, 0.1) is 12.4 Å². The lowest BCUT2D eigenvalue weighted by molar-refractivity contribution is 0.0671. The van der Waals surface area contributed by atoms with E-state index in [1.165, 1.54) is 0 Å². The predicted molar refractivity (Wildman–Crippen MR) is 78.8 cm³/mol. The van der Waals surface area contributed by atoms with Gasteiger partial charge in [0.1, 0.15) is 11.5 Å². The first-order valence-corrected chi connectivity index (χ1v) is 7.04. The van der Waals surface area contributed by atoms with E-state index in [-0.39, 0.29) is 5.91 Å². The summed E-state index contributed by atoms with van der Waals surface area (Å²) in [6, 6.07) is 0. The van der Waals surface area contributed by atoms with Gasteiger partial charge in [-0.1, -0.05) is 0 Å². The molecule has 1 aromatic rings. The van der Waals surface area contributed by atoms with Gasteiger partial charge in [-0.05, 0) is 32.9 Å². The molecular weight excluding hydrogens is 254 g/mol. The Balaban J connectivity index is 1.90. The molecule has 1 aliphatic rings. The van der Waals surface area contributed by atoms with Crippen LogP contribution in [0.25, 0.3) is 0 Å². The molecule has 1 amide bonds. The van der Waals surface area contributed by atoms with Crippen LogP contribution in [0.5, 0.6) is 0 Å². The zero-order valence-electron chi connectivity index (χ0n) is 12.5. The molecule has 6 nitrogen and oxygen atoms in total. The molecule has 20 heavy (non-hydrogen) atoms. The molecule has 0 aliphatic carbocycles. The molecule has 0 unspecified atom stereocenters. The molecule has 6 heteroatoms. The van der Waals surface area contributed by atoms with E-state index in [9.17, 15) is 4.79 Å². The van der Waals surface area contributed by atoms with Gasteiger partial charge in [-0.3, -0.25) is 4.79 Å². The quantitative estimate of drug-likeness (QED) is 0.887. The summed E-state index contributed by atoms with van der Waals surface area (Å²) in [4.78, 5) is 24.7. The van der Waals surface area contributed by atoms with Crippen molar-refractivity contribution in [3.63, 3.8) is 0 Å². The highest BCUT2D eigenvalue weighted by atomic mass is 16.2. The van der Waals surface area contributed by atoms with Crippen LogP contribution < -0.4 is 5.32 Å².